The van der Waals surface area contributed by atoms with Gasteiger partial charge in [0, 0.05) is 13.2 Å². The zero-order chi connectivity index (χ0) is 9.54. The van der Waals surface area contributed by atoms with Crippen molar-refractivity contribution < 1.29 is 4.74 Å². The molecule has 0 bridgehead atoms. The maximum absolute atomic E-state index is 5.00. The molecule has 0 N–H and O–H groups in total. The molecule has 0 radical (unpaired) electrons. The zero-order valence-electron chi connectivity index (χ0n) is 8.81. The molecular weight excluding hydrogens is 136 g/mol. The second-order valence-corrected chi connectivity index (χ2v) is 1.27. The number of hydrogen-bond donors (Lipinski definition) is 0. The first-order chi connectivity index (χ1) is 5.41. The van der Waals surface area contributed by atoms with Gasteiger partial charge in [0.2, 0.25) is 0 Å². The molecule has 0 atom stereocenters. The van der Waals surface area contributed by atoms with Crippen molar-refractivity contribution in [1.82, 2.24) is 0 Å². The lowest BCUT2D eigenvalue weighted by atomic mass is 10.5. The summed E-state index contributed by atoms with van der Waals surface area (Å²) in [5.74, 6) is 0. The molecule has 1 nitrogen and oxygen atoms in total. The van der Waals surface area contributed by atoms with E-state index in [0.717, 1.165) is 19.6 Å². The summed E-state index contributed by atoms with van der Waals surface area (Å²) in [4.78, 5) is 0. The van der Waals surface area contributed by atoms with Gasteiger partial charge in [-0.1, -0.05) is 33.8 Å². The van der Waals surface area contributed by atoms with E-state index in [2.05, 4.69) is 6.58 Å². The van der Waals surface area contributed by atoms with Crippen LogP contribution in [0.1, 0.15) is 41.0 Å². The quantitative estimate of drug-likeness (QED) is 0.450. The molecular formula is C10H24O. The summed E-state index contributed by atoms with van der Waals surface area (Å²) < 4.78 is 5.00. The fourth-order valence-electron chi connectivity index (χ4n) is 0.311. The van der Waals surface area contributed by atoms with Crippen molar-refractivity contribution in [2.45, 2.75) is 41.0 Å². The monoisotopic (exact) mass is 160 g/mol. The summed E-state index contributed by atoms with van der Waals surface area (Å²) in [5.41, 5.74) is 0. The standard InChI is InChI=1S/C6H12O.2C2H6/c1-3-5-6-7-4-2;2*1-2/h3H,1,4-6H2,2H3;2*1-2H3. The van der Waals surface area contributed by atoms with E-state index < -0.39 is 0 Å². The van der Waals surface area contributed by atoms with E-state index >= 15 is 0 Å². The first-order valence-corrected chi connectivity index (χ1v) is 4.60. The van der Waals surface area contributed by atoms with E-state index in [0.29, 0.717) is 0 Å². The molecule has 0 unspecified atom stereocenters. The van der Waals surface area contributed by atoms with Crippen molar-refractivity contribution >= 4 is 0 Å². The zero-order valence-corrected chi connectivity index (χ0v) is 8.81. The van der Waals surface area contributed by atoms with Crippen LogP contribution < -0.4 is 0 Å². The molecule has 0 spiro atoms. The molecule has 0 saturated heterocycles. The minimum absolute atomic E-state index is 0.813. The third-order valence-corrected chi connectivity index (χ3v) is 0.670. The van der Waals surface area contributed by atoms with E-state index in [9.17, 15) is 0 Å². The molecule has 0 rings (SSSR count). The minimum atomic E-state index is 0.813. The van der Waals surface area contributed by atoms with Crippen molar-refractivity contribution in [3.8, 4) is 0 Å². The molecule has 0 aliphatic heterocycles. The van der Waals surface area contributed by atoms with Crippen LogP contribution in [-0.4, -0.2) is 13.2 Å². The highest BCUT2D eigenvalue weighted by molar-refractivity contribution is 4.64. The Morgan fingerprint density at radius 2 is 1.64 bits per heavy atom. The lowest BCUT2D eigenvalue weighted by Crippen LogP contribution is -1.89. The fraction of sp³-hybridized carbons (Fsp3) is 0.800. The predicted molar refractivity (Wildman–Crippen MR) is 54.0 cm³/mol. The predicted octanol–water partition coefficient (Wildman–Crippen LogP) is 3.65. The molecule has 0 fully saturated rings. The number of hydrogen-bond acceptors (Lipinski definition) is 1. The Labute approximate surface area is 72.5 Å². The molecule has 0 aromatic carbocycles. The van der Waals surface area contributed by atoms with Crippen LogP contribution in [0.2, 0.25) is 0 Å². The molecule has 1 heteroatoms. The molecule has 0 saturated carbocycles. The van der Waals surface area contributed by atoms with E-state index in [1.54, 1.807) is 0 Å². The molecule has 0 aromatic rings. The summed E-state index contributed by atoms with van der Waals surface area (Å²) in [6.45, 7) is 15.2. The van der Waals surface area contributed by atoms with Gasteiger partial charge >= 0.3 is 0 Å². The Balaban J connectivity index is -0.000000138. The van der Waals surface area contributed by atoms with Crippen molar-refractivity contribution in [2.24, 2.45) is 0 Å². The number of rotatable bonds is 4. The summed E-state index contributed by atoms with van der Waals surface area (Å²) in [6, 6.07) is 0. The molecule has 0 amide bonds. The molecule has 70 valence electrons. The first-order valence-electron chi connectivity index (χ1n) is 4.60. The topological polar surface area (TPSA) is 9.23 Å². The summed E-state index contributed by atoms with van der Waals surface area (Å²) in [7, 11) is 0. The van der Waals surface area contributed by atoms with Gasteiger partial charge in [0.05, 0.1) is 0 Å². The Morgan fingerprint density at radius 3 is 1.91 bits per heavy atom. The van der Waals surface area contributed by atoms with E-state index in [1.165, 1.54) is 0 Å². The van der Waals surface area contributed by atoms with Gasteiger partial charge in [-0.2, -0.15) is 0 Å². The van der Waals surface area contributed by atoms with Crippen molar-refractivity contribution in [3.63, 3.8) is 0 Å². The van der Waals surface area contributed by atoms with Gasteiger partial charge in [0.1, 0.15) is 0 Å². The summed E-state index contributed by atoms with van der Waals surface area (Å²) in [5, 5.41) is 0. The van der Waals surface area contributed by atoms with E-state index in [-0.39, 0.29) is 0 Å². The highest BCUT2D eigenvalue weighted by atomic mass is 16.5. The summed E-state index contributed by atoms with van der Waals surface area (Å²) >= 11 is 0. The first kappa shape index (κ1) is 17.0. The lowest BCUT2D eigenvalue weighted by Gasteiger charge is -1.92. The summed E-state index contributed by atoms with van der Waals surface area (Å²) in [6.07, 6.45) is 2.82. The van der Waals surface area contributed by atoms with Crippen molar-refractivity contribution in [2.75, 3.05) is 13.2 Å². The van der Waals surface area contributed by atoms with Gasteiger partial charge in [0.15, 0.2) is 0 Å². The Hall–Kier alpha value is -0.300. The van der Waals surface area contributed by atoms with Gasteiger partial charge in [0.25, 0.3) is 0 Å². The van der Waals surface area contributed by atoms with Gasteiger partial charge in [-0.05, 0) is 13.3 Å². The minimum Gasteiger partial charge on any atom is -0.381 e. The molecule has 0 aromatic heterocycles. The fourth-order valence-corrected chi connectivity index (χ4v) is 0.311. The van der Waals surface area contributed by atoms with Gasteiger partial charge in [-0.3, -0.25) is 0 Å². The third kappa shape index (κ3) is 42.0. The van der Waals surface area contributed by atoms with Crippen LogP contribution in [0.25, 0.3) is 0 Å². The van der Waals surface area contributed by atoms with Crippen LogP contribution >= 0.6 is 0 Å². The van der Waals surface area contributed by atoms with Crippen LogP contribution in [0.15, 0.2) is 12.7 Å². The third-order valence-electron chi connectivity index (χ3n) is 0.670. The largest absolute Gasteiger partial charge is 0.381 e. The van der Waals surface area contributed by atoms with E-state index in [4.69, 9.17) is 4.74 Å². The number of ether oxygens (including phenoxy) is 1. The molecule has 0 aliphatic rings. The smallest absolute Gasteiger partial charge is 0.0500 e. The van der Waals surface area contributed by atoms with Crippen LogP contribution in [0.5, 0.6) is 0 Å². The molecule has 0 aliphatic carbocycles. The maximum Gasteiger partial charge on any atom is 0.0500 e. The van der Waals surface area contributed by atoms with Gasteiger partial charge < -0.3 is 4.74 Å². The highest BCUT2D eigenvalue weighted by Crippen LogP contribution is 1.79. The van der Waals surface area contributed by atoms with Crippen LogP contribution in [0.4, 0.5) is 0 Å². The Bertz CT molecular complexity index is 42.1. The average molecular weight is 160 g/mol. The second kappa shape index (κ2) is 33.2. The maximum atomic E-state index is 5.00. The highest BCUT2D eigenvalue weighted by Gasteiger charge is 1.75. The average Bonchev–Trinajstić information content (AvgIpc) is 2.13. The Kier molecular flexibility index (Phi) is 51.3. The van der Waals surface area contributed by atoms with Gasteiger partial charge in [-0.15, -0.1) is 6.58 Å². The SMILES string of the molecule is C=CCCOCC.CC.CC. The van der Waals surface area contributed by atoms with Crippen molar-refractivity contribution in [1.29, 1.82) is 0 Å². The normalized spacial score (nSPS) is 6.64. The molecule has 0 heterocycles. The van der Waals surface area contributed by atoms with Crippen LogP contribution in [-0.2, 0) is 4.74 Å². The second-order valence-electron chi connectivity index (χ2n) is 1.27. The Morgan fingerprint density at radius 1 is 1.18 bits per heavy atom. The van der Waals surface area contributed by atoms with E-state index in [1.807, 2.05) is 40.7 Å². The van der Waals surface area contributed by atoms with Crippen LogP contribution in [0, 0.1) is 0 Å². The van der Waals surface area contributed by atoms with Crippen LogP contribution in [0.3, 0.4) is 0 Å². The van der Waals surface area contributed by atoms with Crippen molar-refractivity contribution in [3.05, 3.63) is 12.7 Å². The lowest BCUT2D eigenvalue weighted by molar-refractivity contribution is 0.152. The van der Waals surface area contributed by atoms with Gasteiger partial charge in [-0.25, -0.2) is 0 Å². The molecule has 11 heavy (non-hydrogen) atoms.